The second kappa shape index (κ2) is 9.43. The molecular weight excluding hydrogens is 140 g/mol. The molecule has 0 radical (unpaired) electrons. The SMILES string of the molecule is CC(N)=O.CCCCN(C)C. The van der Waals surface area contributed by atoms with E-state index in [2.05, 4.69) is 31.7 Å². The summed E-state index contributed by atoms with van der Waals surface area (Å²) >= 11 is 0. The first kappa shape index (κ1) is 13.1. The lowest BCUT2D eigenvalue weighted by Crippen LogP contribution is -2.12. The van der Waals surface area contributed by atoms with Crippen LogP contribution >= 0.6 is 0 Å². The minimum atomic E-state index is -0.333. The zero-order valence-corrected chi connectivity index (χ0v) is 8.05. The van der Waals surface area contributed by atoms with Crippen LogP contribution in [0.25, 0.3) is 0 Å². The van der Waals surface area contributed by atoms with Gasteiger partial charge in [-0.15, -0.1) is 0 Å². The Labute approximate surface area is 69.6 Å². The highest BCUT2D eigenvalue weighted by Crippen LogP contribution is 1.86. The molecule has 68 valence electrons. The van der Waals surface area contributed by atoms with Gasteiger partial charge in [0.25, 0.3) is 0 Å². The summed E-state index contributed by atoms with van der Waals surface area (Å²) in [6, 6.07) is 0. The fraction of sp³-hybridized carbons (Fsp3) is 0.875. The number of carbonyl (C=O) groups excluding carboxylic acids is 1. The van der Waals surface area contributed by atoms with E-state index >= 15 is 0 Å². The smallest absolute Gasteiger partial charge is 0.214 e. The van der Waals surface area contributed by atoms with E-state index in [1.165, 1.54) is 26.3 Å². The summed E-state index contributed by atoms with van der Waals surface area (Å²) < 4.78 is 0. The third kappa shape index (κ3) is 44.2. The summed E-state index contributed by atoms with van der Waals surface area (Å²) in [7, 11) is 4.21. The summed E-state index contributed by atoms with van der Waals surface area (Å²) in [5, 5.41) is 0. The van der Waals surface area contributed by atoms with Gasteiger partial charge in [0.2, 0.25) is 5.91 Å². The Hall–Kier alpha value is -0.570. The van der Waals surface area contributed by atoms with Crippen LogP contribution in [0.3, 0.4) is 0 Å². The van der Waals surface area contributed by atoms with Crippen LogP contribution in [0.1, 0.15) is 26.7 Å². The lowest BCUT2D eigenvalue weighted by Gasteiger charge is -2.05. The molecule has 0 fully saturated rings. The Morgan fingerprint density at radius 3 is 1.91 bits per heavy atom. The van der Waals surface area contributed by atoms with E-state index in [1.54, 1.807) is 0 Å². The number of rotatable bonds is 3. The molecule has 3 nitrogen and oxygen atoms in total. The minimum Gasteiger partial charge on any atom is -0.370 e. The van der Waals surface area contributed by atoms with Crippen LogP contribution in [-0.2, 0) is 4.79 Å². The predicted octanol–water partition coefficient (Wildman–Crippen LogP) is 0.840. The van der Waals surface area contributed by atoms with Gasteiger partial charge in [0.15, 0.2) is 0 Å². The summed E-state index contributed by atoms with van der Waals surface area (Å²) in [5.74, 6) is -0.333. The molecule has 11 heavy (non-hydrogen) atoms. The van der Waals surface area contributed by atoms with Crippen molar-refractivity contribution in [3.05, 3.63) is 0 Å². The van der Waals surface area contributed by atoms with Crippen molar-refractivity contribution in [2.24, 2.45) is 5.73 Å². The monoisotopic (exact) mass is 160 g/mol. The molecule has 2 N–H and O–H groups in total. The van der Waals surface area contributed by atoms with Crippen molar-refractivity contribution in [3.8, 4) is 0 Å². The van der Waals surface area contributed by atoms with Crippen LogP contribution in [0.4, 0.5) is 0 Å². The van der Waals surface area contributed by atoms with Gasteiger partial charge in [0, 0.05) is 6.92 Å². The highest BCUT2D eigenvalue weighted by atomic mass is 16.1. The number of carbonyl (C=O) groups is 1. The van der Waals surface area contributed by atoms with Gasteiger partial charge in [0.05, 0.1) is 0 Å². The van der Waals surface area contributed by atoms with Gasteiger partial charge in [-0.05, 0) is 27.1 Å². The van der Waals surface area contributed by atoms with E-state index in [0.717, 1.165) is 0 Å². The van der Waals surface area contributed by atoms with E-state index in [-0.39, 0.29) is 5.91 Å². The molecule has 0 saturated heterocycles. The molecule has 0 saturated carbocycles. The average Bonchev–Trinajstić information content (AvgIpc) is 1.82. The third-order valence-electron chi connectivity index (χ3n) is 0.959. The fourth-order valence-corrected chi connectivity index (χ4v) is 0.474. The van der Waals surface area contributed by atoms with Crippen molar-refractivity contribution >= 4 is 5.91 Å². The number of primary amides is 1. The van der Waals surface area contributed by atoms with Gasteiger partial charge in [-0.1, -0.05) is 13.3 Å². The first-order chi connectivity index (χ1) is 5.00. The molecule has 0 aromatic carbocycles. The first-order valence-electron chi connectivity index (χ1n) is 3.91. The van der Waals surface area contributed by atoms with Gasteiger partial charge >= 0.3 is 0 Å². The summed E-state index contributed by atoms with van der Waals surface area (Å²) in [6.45, 7) is 4.75. The van der Waals surface area contributed by atoms with Gasteiger partial charge in [-0.2, -0.15) is 0 Å². The Kier molecular flexibility index (Phi) is 11.2. The highest BCUT2D eigenvalue weighted by molar-refractivity contribution is 5.70. The molecule has 0 aromatic rings. The van der Waals surface area contributed by atoms with Crippen LogP contribution in [0.2, 0.25) is 0 Å². The van der Waals surface area contributed by atoms with Crippen LogP contribution in [0.15, 0.2) is 0 Å². The molecule has 0 rings (SSSR count). The molecule has 1 amide bonds. The summed E-state index contributed by atoms with van der Waals surface area (Å²) in [4.78, 5) is 11.4. The van der Waals surface area contributed by atoms with Crippen LogP contribution in [0, 0.1) is 0 Å². The lowest BCUT2D eigenvalue weighted by atomic mass is 10.3. The molecule has 0 atom stereocenters. The van der Waals surface area contributed by atoms with Crippen molar-refractivity contribution in [3.63, 3.8) is 0 Å². The van der Waals surface area contributed by atoms with Gasteiger partial charge < -0.3 is 10.6 Å². The maximum Gasteiger partial charge on any atom is 0.214 e. The quantitative estimate of drug-likeness (QED) is 0.665. The first-order valence-corrected chi connectivity index (χ1v) is 3.91. The molecule has 3 heteroatoms. The van der Waals surface area contributed by atoms with Crippen molar-refractivity contribution in [2.75, 3.05) is 20.6 Å². The molecule has 0 spiro atoms. The van der Waals surface area contributed by atoms with Crippen molar-refractivity contribution < 1.29 is 4.79 Å². The number of nitrogens with zero attached hydrogens (tertiary/aromatic N) is 1. The van der Waals surface area contributed by atoms with E-state index in [1.807, 2.05) is 0 Å². The Morgan fingerprint density at radius 1 is 1.45 bits per heavy atom. The molecule has 0 unspecified atom stereocenters. The Balaban J connectivity index is 0. The molecular formula is C8H20N2O. The minimum absolute atomic E-state index is 0.333. The van der Waals surface area contributed by atoms with E-state index in [4.69, 9.17) is 0 Å². The van der Waals surface area contributed by atoms with E-state index in [0.29, 0.717) is 0 Å². The number of amides is 1. The lowest BCUT2D eigenvalue weighted by molar-refractivity contribution is -0.115. The highest BCUT2D eigenvalue weighted by Gasteiger charge is 1.83. The normalized spacial score (nSPS) is 8.82. The Morgan fingerprint density at radius 2 is 1.82 bits per heavy atom. The largest absolute Gasteiger partial charge is 0.370 e. The standard InChI is InChI=1S/C6H15N.C2H5NO/c1-4-5-6-7(2)3;1-2(3)4/h4-6H2,1-3H3;1H3,(H2,3,4). The number of nitrogens with two attached hydrogens (primary N) is 1. The molecule has 0 aliphatic carbocycles. The molecule has 0 bridgehead atoms. The second-order valence-electron chi connectivity index (χ2n) is 2.77. The molecule has 0 aromatic heterocycles. The van der Waals surface area contributed by atoms with Gasteiger partial charge in [0.1, 0.15) is 0 Å². The van der Waals surface area contributed by atoms with Gasteiger partial charge in [-0.25, -0.2) is 0 Å². The summed E-state index contributed by atoms with van der Waals surface area (Å²) in [5.41, 5.74) is 4.47. The maximum absolute atomic E-state index is 9.22. The van der Waals surface area contributed by atoms with E-state index in [9.17, 15) is 4.79 Å². The number of hydrogen-bond acceptors (Lipinski definition) is 2. The number of hydrogen-bond donors (Lipinski definition) is 1. The Bertz CT molecular complexity index is 88.1. The predicted molar refractivity (Wildman–Crippen MR) is 48.3 cm³/mol. The van der Waals surface area contributed by atoms with E-state index < -0.39 is 0 Å². The van der Waals surface area contributed by atoms with Gasteiger partial charge in [-0.3, -0.25) is 4.79 Å². The topological polar surface area (TPSA) is 46.3 Å². The van der Waals surface area contributed by atoms with Crippen molar-refractivity contribution in [1.82, 2.24) is 4.90 Å². The van der Waals surface area contributed by atoms with Crippen LogP contribution in [0.5, 0.6) is 0 Å². The summed E-state index contributed by atoms with van der Waals surface area (Å²) in [6.07, 6.45) is 2.63. The molecule has 0 aliphatic rings. The second-order valence-corrected chi connectivity index (χ2v) is 2.77. The average molecular weight is 160 g/mol. The van der Waals surface area contributed by atoms with Crippen LogP contribution < -0.4 is 5.73 Å². The third-order valence-corrected chi connectivity index (χ3v) is 0.959. The maximum atomic E-state index is 9.22. The van der Waals surface area contributed by atoms with Crippen molar-refractivity contribution in [1.29, 1.82) is 0 Å². The number of unbranched alkanes of at least 4 members (excludes halogenated alkanes) is 1. The molecule has 0 heterocycles. The van der Waals surface area contributed by atoms with Crippen LogP contribution in [-0.4, -0.2) is 31.4 Å². The fourth-order valence-electron chi connectivity index (χ4n) is 0.474. The zero-order valence-electron chi connectivity index (χ0n) is 8.05. The zero-order chi connectivity index (χ0) is 9.28. The van der Waals surface area contributed by atoms with Crippen molar-refractivity contribution in [2.45, 2.75) is 26.7 Å². The molecule has 0 aliphatic heterocycles.